The lowest BCUT2D eigenvalue weighted by molar-refractivity contribution is -0.121. The first-order valence-electron chi connectivity index (χ1n) is 5.37. The third-order valence-corrected chi connectivity index (χ3v) is 2.97. The lowest BCUT2D eigenvalue weighted by Crippen LogP contribution is -2.22. The summed E-state index contributed by atoms with van der Waals surface area (Å²) in [6.07, 6.45) is 1.72. The molecular formula is C12H14BrNO2. The number of amides is 1. The van der Waals surface area contributed by atoms with Crippen molar-refractivity contribution in [3.05, 3.63) is 34.3 Å². The van der Waals surface area contributed by atoms with Crippen LogP contribution in [0.1, 0.15) is 18.4 Å². The standard InChI is InChI=1S/C12H14BrNO2/c13-10-3-1-2-9(6-10)7-14-12(15)5-4-11-8-16-11/h1-3,6,11H,4-5,7-8H2,(H,14,15). The van der Waals surface area contributed by atoms with Crippen LogP contribution in [-0.4, -0.2) is 18.6 Å². The molecule has 1 atom stereocenters. The Hall–Kier alpha value is -0.870. The fraction of sp³-hybridized carbons (Fsp3) is 0.417. The average Bonchev–Trinajstić information content (AvgIpc) is 3.07. The number of epoxide rings is 1. The van der Waals surface area contributed by atoms with Crippen LogP contribution in [0.3, 0.4) is 0 Å². The number of rotatable bonds is 5. The molecule has 1 saturated heterocycles. The second-order valence-corrected chi connectivity index (χ2v) is 4.82. The minimum atomic E-state index is 0.0930. The SMILES string of the molecule is O=C(CCC1CO1)NCc1cccc(Br)c1. The summed E-state index contributed by atoms with van der Waals surface area (Å²) in [4.78, 5) is 11.5. The number of hydrogen-bond donors (Lipinski definition) is 1. The second kappa shape index (κ2) is 5.46. The number of benzene rings is 1. The number of carbonyl (C=O) groups excluding carboxylic acids is 1. The Morgan fingerprint density at radius 2 is 2.38 bits per heavy atom. The van der Waals surface area contributed by atoms with E-state index in [-0.39, 0.29) is 5.91 Å². The van der Waals surface area contributed by atoms with E-state index in [1.807, 2.05) is 24.3 Å². The van der Waals surface area contributed by atoms with Gasteiger partial charge in [-0.3, -0.25) is 4.79 Å². The van der Waals surface area contributed by atoms with Gasteiger partial charge in [-0.25, -0.2) is 0 Å². The maximum Gasteiger partial charge on any atom is 0.220 e. The number of halogens is 1. The van der Waals surface area contributed by atoms with E-state index in [0.29, 0.717) is 19.1 Å². The van der Waals surface area contributed by atoms with Crippen molar-refractivity contribution in [3.8, 4) is 0 Å². The number of nitrogens with one attached hydrogen (secondary N) is 1. The molecule has 1 aromatic carbocycles. The monoisotopic (exact) mass is 283 g/mol. The normalized spacial score (nSPS) is 18.2. The van der Waals surface area contributed by atoms with Gasteiger partial charge < -0.3 is 10.1 Å². The zero-order chi connectivity index (χ0) is 11.4. The molecule has 3 nitrogen and oxygen atoms in total. The third-order valence-electron chi connectivity index (χ3n) is 2.47. The lowest BCUT2D eigenvalue weighted by atomic mass is 10.2. The van der Waals surface area contributed by atoms with E-state index in [1.165, 1.54) is 0 Å². The number of hydrogen-bond acceptors (Lipinski definition) is 2. The topological polar surface area (TPSA) is 41.6 Å². The van der Waals surface area contributed by atoms with E-state index in [9.17, 15) is 4.79 Å². The highest BCUT2D eigenvalue weighted by molar-refractivity contribution is 9.10. The van der Waals surface area contributed by atoms with Crippen molar-refractivity contribution in [1.82, 2.24) is 5.32 Å². The van der Waals surface area contributed by atoms with Crippen LogP contribution in [0.5, 0.6) is 0 Å². The zero-order valence-corrected chi connectivity index (χ0v) is 10.5. The molecule has 2 rings (SSSR count). The minimum Gasteiger partial charge on any atom is -0.373 e. The van der Waals surface area contributed by atoms with Crippen molar-refractivity contribution in [3.63, 3.8) is 0 Å². The summed E-state index contributed by atoms with van der Waals surface area (Å²) in [7, 11) is 0. The van der Waals surface area contributed by atoms with Crippen LogP contribution in [0.15, 0.2) is 28.7 Å². The first-order valence-corrected chi connectivity index (χ1v) is 6.16. The van der Waals surface area contributed by atoms with Gasteiger partial charge in [-0.05, 0) is 24.1 Å². The Kier molecular flexibility index (Phi) is 3.96. The van der Waals surface area contributed by atoms with Gasteiger partial charge in [0, 0.05) is 17.4 Å². The summed E-state index contributed by atoms with van der Waals surface area (Å²) in [5.41, 5.74) is 1.10. The van der Waals surface area contributed by atoms with Crippen molar-refractivity contribution < 1.29 is 9.53 Å². The maximum absolute atomic E-state index is 11.5. The molecule has 1 N–H and O–H groups in total. The van der Waals surface area contributed by atoms with Crippen LogP contribution in [0.4, 0.5) is 0 Å². The summed E-state index contributed by atoms with van der Waals surface area (Å²) in [5, 5.41) is 2.89. The first kappa shape index (κ1) is 11.6. The van der Waals surface area contributed by atoms with Gasteiger partial charge in [0.25, 0.3) is 0 Å². The van der Waals surface area contributed by atoms with Crippen LogP contribution < -0.4 is 5.32 Å². The molecule has 1 amide bonds. The van der Waals surface area contributed by atoms with Crippen molar-refractivity contribution in [2.45, 2.75) is 25.5 Å². The van der Waals surface area contributed by atoms with E-state index in [4.69, 9.17) is 4.74 Å². The largest absolute Gasteiger partial charge is 0.373 e. The Morgan fingerprint density at radius 1 is 1.56 bits per heavy atom. The molecule has 0 aromatic heterocycles. The van der Waals surface area contributed by atoms with Crippen LogP contribution in [0, 0.1) is 0 Å². The highest BCUT2D eigenvalue weighted by Gasteiger charge is 2.22. The highest BCUT2D eigenvalue weighted by Crippen LogP contribution is 2.15. The predicted octanol–water partition coefficient (Wildman–Crippen LogP) is 2.24. The number of carbonyl (C=O) groups is 1. The maximum atomic E-state index is 11.5. The van der Waals surface area contributed by atoms with Crippen molar-refractivity contribution >= 4 is 21.8 Å². The highest BCUT2D eigenvalue weighted by atomic mass is 79.9. The number of ether oxygens (including phenoxy) is 1. The third kappa shape index (κ3) is 3.94. The molecule has 86 valence electrons. The average molecular weight is 284 g/mol. The van der Waals surface area contributed by atoms with Gasteiger partial charge in [-0.1, -0.05) is 28.1 Å². The van der Waals surface area contributed by atoms with Gasteiger partial charge in [0.2, 0.25) is 5.91 Å². The van der Waals surface area contributed by atoms with Crippen molar-refractivity contribution in [2.75, 3.05) is 6.61 Å². The molecule has 1 fully saturated rings. The molecule has 0 spiro atoms. The Morgan fingerprint density at radius 3 is 3.06 bits per heavy atom. The van der Waals surface area contributed by atoms with Gasteiger partial charge in [-0.2, -0.15) is 0 Å². The molecule has 1 aliphatic heterocycles. The summed E-state index contributed by atoms with van der Waals surface area (Å²) in [6.45, 7) is 1.41. The molecule has 1 aromatic rings. The van der Waals surface area contributed by atoms with Gasteiger partial charge >= 0.3 is 0 Å². The van der Waals surface area contributed by atoms with E-state index >= 15 is 0 Å². The summed E-state index contributed by atoms with van der Waals surface area (Å²) in [5.74, 6) is 0.0930. The van der Waals surface area contributed by atoms with Crippen LogP contribution >= 0.6 is 15.9 Å². The predicted molar refractivity (Wildman–Crippen MR) is 65.0 cm³/mol. The van der Waals surface area contributed by atoms with Crippen molar-refractivity contribution in [2.24, 2.45) is 0 Å². The minimum absolute atomic E-state index is 0.0930. The summed E-state index contributed by atoms with van der Waals surface area (Å²) >= 11 is 3.40. The molecule has 1 heterocycles. The zero-order valence-electron chi connectivity index (χ0n) is 8.91. The quantitative estimate of drug-likeness (QED) is 0.843. The van der Waals surface area contributed by atoms with Gasteiger partial charge in [-0.15, -0.1) is 0 Å². The summed E-state index contributed by atoms with van der Waals surface area (Å²) in [6, 6.07) is 7.93. The molecule has 4 heteroatoms. The first-order chi connectivity index (χ1) is 7.74. The molecule has 1 aliphatic rings. The van der Waals surface area contributed by atoms with Gasteiger partial charge in [0.05, 0.1) is 12.7 Å². The molecule has 0 aliphatic carbocycles. The molecule has 1 unspecified atom stereocenters. The van der Waals surface area contributed by atoms with E-state index in [0.717, 1.165) is 23.1 Å². The van der Waals surface area contributed by atoms with Crippen LogP contribution in [0.25, 0.3) is 0 Å². The Balaban J connectivity index is 1.71. The Labute approximate surface area is 103 Å². The lowest BCUT2D eigenvalue weighted by Gasteiger charge is -2.05. The fourth-order valence-electron chi connectivity index (χ4n) is 1.46. The van der Waals surface area contributed by atoms with Gasteiger partial charge in [0.15, 0.2) is 0 Å². The van der Waals surface area contributed by atoms with Crippen LogP contribution in [-0.2, 0) is 16.1 Å². The van der Waals surface area contributed by atoms with Crippen LogP contribution in [0.2, 0.25) is 0 Å². The molecule has 0 radical (unpaired) electrons. The van der Waals surface area contributed by atoms with Gasteiger partial charge in [0.1, 0.15) is 0 Å². The van der Waals surface area contributed by atoms with E-state index in [1.54, 1.807) is 0 Å². The molecule has 16 heavy (non-hydrogen) atoms. The molecule has 0 bridgehead atoms. The smallest absolute Gasteiger partial charge is 0.220 e. The summed E-state index contributed by atoms with van der Waals surface area (Å²) < 4.78 is 6.08. The van der Waals surface area contributed by atoms with Crippen molar-refractivity contribution in [1.29, 1.82) is 0 Å². The fourth-order valence-corrected chi connectivity index (χ4v) is 1.91. The van der Waals surface area contributed by atoms with E-state index < -0.39 is 0 Å². The second-order valence-electron chi connectivity index (χ2n) is 3.90. The Bertz CT molecular complexity index is 377. The molecule has 0 saturated carbocycles. The van der Waals surface area contributed by atoms with E-state index in [2.05, 4.69) is 21.2 Å². The molecular weight excluding hydrogens is 270 g/mol.